The van der Waals surface area contributed by atoms with Crippen LogP contribution in [0.2, 0.25) is 0 Å². The molecule has 0 saturated heterocycles. The highest BCUT2D eigenvalue weighted by atomic mass is 16.6. The Morgan fingerprint density at radius 3 is 2.31 bits per heavy atom. The van der Waals surface area contributed by atoms with Crippen LogP contribution in [0, 0.1) is 16.0 Å². The lowest BCUT2D eigenvalue weighted by Gasteiger charge is -2.24. The molecular weight excluding hydrogens is 202 g/mol. The molecule has 0 bridgehead atoms. The van der Waals surface area contributed by atoms with E-state index in [2.05, 4.69) is 0 Å². The van der Waals surface area contributed by atoms with Crippen molar-refractivity contribution < 1.29 is 4.92 Å². The van der Waals surface area contributed by atoms with Gasteiger partial charge in [-0.3, -0.25) is 10.1 Å². The molecule has 1 fully saturated rings. The fraction of sp³-hybridized carbons (Fsp3) is 0.538. The van der Waals surface area contributed by atoms with Crippen LogP contribution in [0.5, 0.6) is 0 Å². The van der Waals surface area contributed by atoms with Crippen LogP contribution in [0.3, 0.4) is 0 Å². The van der Waals surface area contributed by atoms with Crippen molar-refractivity contribution in [3.05, 3.63) is 46.0 Å². The molecule has 16 heavy (non-hydrogen) atoms. The van der Waals surface area contributed by atoms with Crippen molar-refractivity contribution in [1.29, 1.82) is 0 Å². The smallest absolute Gasteiger partial charge is 0.240 e. The summed E-state index contributed by atoms with van der Waals surface area (Å²) in [5, 5.41) is 11.2. The van der Waals surface area contributed by atoms with Gasteiger partial charge in [-0.2, -0.15) is 0 Å². The van der Waals surface area contributed by atoms with Gasteiger partial charge < -0.3 is 0 Å². The van der Waals surface area contributed by atoms with Gasteiger partial charge in [0.05, 0.1) is 0 Å². The molecular formula is C13H17NO2. The average Bonchev–Trinajstić information content (AvgIpc) is 2.31. The van der Waals surface area contributed by atoms with Gasteiger partial charge in [-0.15, -0.1) is 0 Å². The van der Waals surface area contributed by atoms with Crippen molar-refractivity contribution in [2.24, 2.45) is 5.92 Å². The second-order valence-corrected chi connectivity index (χ2v) is 4.54. The third-order valence-electron chi connectivity index (χ3n) is 3.46. The topological polar surface area (TPSA) is 43.1 Å². The molecule has 1 aliphatic carbocycles. The predicted octanol–water partition coefficient (Wildman–Crippen LogP) is 3.58. The Morgan fingerprint density at radius 2 is 1.75 bits per heavy atom. The van der Waals surface area contributed by atoms with Crippen LogP contribution in [0.15, 0.2) is 30.3 Å². The summed E-state index contributed by atoms with van der Waals surface area (Å²) in [7, 11) is 0. The van der Waals surface area contributed by atoms with Crippen molar-refractivity contribution in [2.45, 2.75) is 38.1 Å². The minimum Gasteiger partial charge on any atom is -0.264 e. The molecule has 2 rings (SSSR count). The number of nitro groups is 1. The maximum absolute atomic E-state index is 11.2. The van der Waals surface area contributed by atoms with Crippen LogP contribution in [0.25, 0.3) is 0 Å². The highest BCUT2D eigenvalue weighted by molar-refractivity contribution is 5.18. The van der Waals surface area contributed by atoms with Crippen molar-refractivity contribution in [1.82, 2.24) is 0 Å². The summed E-state index contributed by atoms with van der Waals surface area (Å²) >= 11 is 0. The van der Waals surface area contributed by atoms with Crippen LogP contribution in [-0.2, 0) is 0 Å². The van der Waals surface area contributed by atoms with Crippen molar-refractivity contribution in [3.63, 3.8) is 0 Å². The molecule has 0 heterocycles. The number of rotatable bonds is 3. The fourth-order valence-electron chi connectivity index (χ4n) is 2.67. The third kappa shape index (κ3) is 2.40. The molecule has 0 N–H and O–H groups in total. The Morgan fingerprint density at radius 1 is 1.12 bits per heavy atom. The standard InChI is InChI=1S/C13H17NO2/c15-14(16)13(11-7-3-1-4-8-11)12-9-5-2-6-10-12/h1,3-4,7-8,12-13H,2,5-6,9-10H2. The first-order valence-electron chi connectivity index (χ1n) is 5.97. The molecule has 1 aromatic carbocycles. The van der Waals surface area contributed by atoms with E-state index in [1.54, 1.807) is 0 Å². The van der Waals surface area contributed by atoms with Gasteiger partial charge in [0.2, 0.25) is 6.04 Å². The van der Waals surface area contributed by atoms with Crippen LogP contribution in [0.4, 0.5) is 0 Å². The summed E-state index contributed by atoms with van der Waals surface area (Å²) in [6.07, 6.45) is 5.51. The fourth-order valence-corrected chi connectivity index (χ4v) is 2.67. The van der Waals surface area contributed by atoms with Crippen molar-refractivity contribution in [3.8, 4) is 0 Å². The van der Waals surface area contributed by atoms with Gasteiger partial charge in [0.15, 0.2) is 0 Å². The van der Waals surface area contributed by atoms with E-state index in [1.165, 1.54) is 6.42 Å². The maximum atomic E-state index is 11.2. The van der Waals surface area contributed by atoms with Gasteiger partial charge in [0, 0.05) is 16.4 Å². The van der Waals surface area contributed by atoms with Crippen LogP contribution >= 0.6 is 0 Å². The second-order valence-electron chi connectivity index (χ2n) is 4.54. The van der Waals surface area contributed by atoms with E-state index in [0.29, 0.717) is 0 Å². The van der Waals surface area contributed by atoms with Gasteiger partial charge in [0.1, 0.15) is 0 Å². The first-order chi connectivity index (χ1) is 7.79. The molecule has 0 aromatic heterocycles. The predicted molar refractivity (Wildman–Crippen MR) is 62.8 cm³/mol. The molecule has 0 aliphatic heterocycles. The van der Waals surface area contributed by atoms with Crippen molar-refractivity contribution in [2.75, 3.05) is 0 Å². The van der Waals surface area contributed by atoms with Crippen LogP contribution in [0.1, 0.15) is 43.7 Å². The SMILES string of the molecule is O=[N+]([O-])C(c1ccccc1)C1CCCCC1. The van der Waals surface area contributed by atoms with E-state index in [4.69, 9.17) is 0 Å². The Labute approximate surface area is 95.6 Å². The van der Waals surface area contributed by atoms with E-state index in [-0.39, 0.29) is 10.8 Å². The van der Waals surface area contributed by atoms with Gasteiger partial charge in [-0.05, 0) is 12.8 Å². The monoisotopic (exact) mass is 219 g/mol. The van der Waals surface area contributed by atoms with Gasteiger partial charge >= 0.3 is 0 Å². The second kappa shape index (κ2) is 5.10. The van der Waals surface area contributed by atoms with Gasteiger partial charge in [0.25, 0.3) is 0 Å². The summed E-state index contributed by atoms with van der Waals surface area (Å²) < 4.78 is 0. The normalized spacial score (nSPS) is 19.2. The highest BCUT2D eigenvalue weighted by Gasteiger charge is 2.33. The van der Waals surface area contributed by atoms with E-state index >= 15 is 0 Å². The van der Waals surface area contributed by atoms with Crippen LogP contribution < -0.4 is 0 Å². The maximum Gasteiger partial charge on any atom is 0.240 e. The Balaban J connectivity index is 2.20. The molecule has 0 spiro atoms. The Kier molecular flexibility index (Phi) is 3.54. The first-order valence-corrected chi connectivity index (χ1v) is 5.97. The number of hydrogen-bond acceptors (Lipinski definition) is 2. The van der Waals surface area contributed by atoms with Gasteiger partial charge in [-0.25, -0.2) is 0 Å². The number of hydrogen-bond donors (Lipinski definition) is 0. The minimum atomic E-state index is -0.499. The zero-order valence-electron chi connectivity index (χ0n) is 9.34. The summed E-state index contributed by atoms with van der Waals surface area (Å²) in [4.78, 5) is 11.1. The van der Waals surface area contributed by atoms with E-state index in [9.17, 15) is 10.1 Å². The largest absolute Gasteiger partial charge is 0.264 e. The lowest BCUT2D eigenvalue weighted by molar-refractivity contribution is -0.540. The lowest BCUT2D eigenvalue weighted by atomic mass is 9.81. The number of nitrogens with zero attached hydrogens (tertiary/aromatic N) is 1. The lowest BCUT2D eigenvalue weighted by Crippen LogP contribution is -2.23. The zero-order chi connectivity index (χ0) is 11.4. The first kappa shape index (κ1) is 11.1. The number of benzene rings is 1. The Bertz CT molecular complexity index is 344. The van der Waals surface area contributed by atoms with E-state index in [1.807, 2.05) is 30.3 Å². The van der Waals surface area contributed by atoms with E-state index in [0.717, 1.165) is 31.2 Å². The van der Waals surface area contributed by atoms with Crippen LogP contribution in [-0.4, -0.2) is 4.92 Å². The molecule has 1 saturated carbocycles. The van der Waals surface area contributed by atoms with E-state index < -0.39 is 6.04 Å². The Hall–Kier alpha value is -1.38. The molecule has 1 aromatic rings. The third-order valence-corrected chi connectivity index (χ3v) is 3.46. The molecule has 0 radical (unpaired) electrons. The van der Waals surface area contributed by atoms with Crippen molar-refractivity contribution >= 4 is 0 Å². The minimum absolute atomic E-state index is 0.106. The quantitative estimate of drug-likeness (QED) is 0.576. The average molecular weight is 219 g/mol. The summed E-state index contributed by atoms with van der Waals surface area (Å²) in [6, 6.07) is 8.93. The zero-order valence-corrected chi connectivity index (χ0v) is 9.34. The summed E-state index contributed by atoms with van der Waals surface area (Å²) in [5.74, 6) is 0.228. The molecule has 1 unspecified atom stereocenters. The molecule has 3 nitrogen and oxygen atoms in total. The summed E-state index contributed by atoms with van der Waals surface area (Å²) in [5.41, 5.74) is 0.861. The highest BCUT2D eigenvalue weighted by Crippen LogP contribution is 2.36. The molecule has 3 heteroatoms. The molecule has 0 amide bonds. The summed E-state index contributed by atoms with van der Waals surface area (Å²) in [6.45, 7) is 0. The molecule has 86 valence electrons. The van der Waals surface area contributed by atoms with Gasteiger partial charge in [-0.1, -0.05) is 49.6 Å². The molecule has 1 aliphatic rings. The molecule has 1 atom stereocenters.